The molecule has 0 aliphatic heterocycles. The molecule has 2 amide bonds. The minimum atomic E-state index is -4.52. The van der Waals surface area contributed by atoms with E-state index in [2.05, 4.69) is 0 Å². The first-order valence-electron chi connectivity index (χ1n) is 4.60. The summed E-state index contributed by atoms with van der Waals surface area (Å²) in [5.41, 5.74) is 0.220. The van der Waals surface area contributed by atoms with Crippen LogP contribution < -0.4 is 4.90 Å². The van der Waals surface area contributed by atoms with E-state index in [0.29, 0.717) is 0 Å². The molecule has 1 aromatic rings. The summed E-state index contributed by atoms with van der Waals surface area (Å²) in [5, 5.41) is 0. The van der Waals surface area contributed by atoms with Gasteiger partial charge >= 0.3 is 0 Å². The zero-order valence-corrected chi connectivity index (χ0v) is 10.0. The van der Waals surface area contributed by atoms with Crippen molar-refractivity contribution >= 4 is 27.6 Å². The standard InChI is InChI=1S/C10H11NO5S/c1-7(12)11(8(2)13)9-3-5-10(6-4-9)17(14,15)16/h3-6H,1-2H3,(H,14,15,16)/p-1. The highest BCUT2D eigenvalue weighted by Gasteiger charge is 2.16. The van der Waals surface area contributed by atoms with Crippen LogP contribution in [0.2, 0.25) is 0 Å². The fourth-order valence-electron chi connectivity index (χ4n) is 1.35. The Morgan fingerprint density at radius 3 is 1.76 bits per heavy atom. The molecule has 0 heterocycles. The summed E-state index contributed by atoms with van der Waals surface area (Å²) in [7, 11) is -4.52. The van der Waals surface area contributed by atoms with Gasteiger partial charge in [-0.15, -0.1) is 0 Å². The number of nitrogens with zero attached hydrogens (tertiary/aromatic N) is 1. The summed E-state index contributed by atoms with van der Waals surface area (Å²) in [6.45, 7) is 2.42. The summed E-state index contributed by atoms with van der Waals surface area (Å²) in [6.07, 6.45) is 0. The van der Waals surface area contributed by atoms with Crippen LogP contribution in [0.1, 0.15) is 13.8 Å². The molecule has 1 rings (SSSR count). The summed E-state index contributed by atoms with van der Waals surface area (Å²) in [4.78, 5) is 22.9. The number of carbonyl (C=O) groups is 2. The minimum absolute atomic E-state index is 0.220. The van der Waals surface area contributed by atoms with Gasteiger partial charge in [-0.25, -0.2) is 8.42 Å². The molecule has 0 saturated heterocycles. The topological polar surface area (TPSA) is 94.6 Å². The fourth-order valence-corrected chi connectivity index (χ4v) is 1.82. The SMILES string of the molecule is CC(=O)N(C(C)=O)c1ccc(S(=O)(=O)[O-])cc1. The molecule has 0 aromatic heterocycles. The van der Waals surface area contributed by atoms with E-state index in [1.54, 1.807) is 0 Å². The number of hydrogen-bond acceptors (Lipinski definition) is 5. The number of rotatable bonds is 2. The van der Waals surface area contributed by atoms with E-state index in [-0.39, 0.29) is 5.69 Å². The molecule has 0 fully saturated rings. The van der Waals surface area contributed by atoms with Gasteiger partial charge in [0, 0.05) is 13.8 Å². The van der Waals surface area contributed by atoms with Gasteiger partial charge in [0.25, 0.3) is 0 Å². The van der Waals surface area contributed by atoms with Crippen molar-refractivity contribution in [3.8, 4) is 0 Å². The summed E-state index contributed by atoms with van der Waals surface area (Å²) >= 11 is 0. The van der Waals surface area contributed by atoms with Crippen molar-refractivity contribution in [3.63, 3.8) is 0 Å². The molecule has 92 valence electrons. The smallest absolute Gasteiger partial charge is 0.230 e. The Morgan fingerprint density at radius 1 is 1.06 bits per heavy atom. The van der Waals surface area contributed by atoms with Gasteiger partial charge in [-0.05, 0) is 24.3 Å². The number of imide groups is 1. The van der Waals surface area contributed by atoms with E-state index in [1.165, 1.54) is 26.0 Å². The Bertz CT molecular complexity index is 533. The van der Waals surface area contributed by atoms with Crippen LogP contribution in [-0.2, 0) is 19.7 Å². The summed E-state index contributed by atoms with van der Waals surface area (Å²) in [5.74, 6) is -0.981. The molecule has 0 atom stereocenters. The second kappa shape index (κ2) is 4.64. The van der Waals surface area contributed by atoms with Crippen LogP contribution in [0.15, 0.2) is 29.2 Å². The lowest BCUT2D eigenvalue weighted by Gasteiger charge is -2.17. The molecule has 0 spiro atoms. The second-order valence-corrected chi connectivity index (χ2v) is 4.70. The monoisotopic (exact) mass is 256 g/mol. The number of benzene rings is 1. The van der Waals surface area contributed by atoms with Crippen LogP contribution in [0.25, 0.3) is 0 Å². The number of anilines is 1. The van der Waals surface area contributed by atoms with Gasteiger partial charge < -0.3 is 4.55 Å². The average molecular weight is 256 g/mol. The van der Waals surface area contributed by atoms with E-state index >= 15 is 0 Å². The maximum absolute atomic E-state index is 11.2. The molecule has 0 radical (unpaired) electrons. The van der Waals surface area contributed by atoms with Crippen LogP contribution in [0, 0.1) is 0 Å². The van der Waals surface area contributed by atoms with Crippen LogP contribution in [0.4, 0.5) is 5.69 Å². The predicted molar refractivity (Wildman–Crippen MR) is 58.2 cm³/mol. The number of carbonyl (C=O) groups excluding carboxylic acids is 2. The van der Waals surface area contributed by atoms with Crippen molar-refractivity contribution < 1.29 is 22.6 Å². The zero-order valence-electron chi connectivity index (χ0n) is 9.21. The maximum Gasteiger partial charge on any atom is 0.230 e. The summed E-state index contributed by atoms with van der Waals surface area (Å²) < 4.78 is 32.0. The van der Waals surface area contributed by atoms with Crippen molar-refractivity contribution in [1.29, 1.82) is 0 Å². The number of amides is 2. The first-order valence-corrected chi connectivity index (χ1v) is 6.01. The van der Waals surface area contributed by atoms with Crippen molar-refractivity contribution in [2.75, 3.05) is 4.90 Å². The Hall–Kier alpha value is -1.73. The van der Waals surface area contributed by atoms with Crippen molar-refractivity contribution in [2.45, 2.75) is 18.7 Å². The highest BCUT2D eigenvalue weighted by Crippen LogP contribution is 2.18. The van der Waals surface area contributed by atoms with Gasteiger partial charge in [0.05, 0.1) is 10.6 Å². The Labute approximate surface area is 98.6 Å². The molecule has 0 unspecified atom stereocenters. The van der Waals surface area contributed by atoms with Crippen molar-refractivity contribution in [3.05, 3.63) is 24.3 Å². The Morgan fingerprint density at radius 2 is 1.47 bits per heavy atom. The van der Waals surface area contributed by atoms with Crippen LogP contribution >= 0.6 is 0 Å². The molecule has 0 aliphatic rings. The van der Waals surface area contributed by atoms with E-state index in [9.17, 15) is 22.6 Å². The van der Waals surface area contributed by atoms with Crippen molar-refractivity contribution in [1.82, 2.24) is 0 Å². The van der Waals surface area contributed by atoms with Crippen LogP contribution in [-0.4, -0.2) is 24.8 Å². The minimum Gasteiger partial charge on any atom is -0.744 e. The molecule has 6 nitrogen and oxygen atoms in total. The quantitative estimate of drug-likeness (QED) is 0.718. The third kappa shape index (κ3) is 3.11. The highest BCUT2D eigenvalue weighted by atomic mass is 32.2. The van der Waals surface area contributed by atoms with Gasteiger partial charge in [-0.1, -0.05) is 0 Å². The highest BCUT2D eigenvalue weighted by molar-refractivity contribution is 7.85. The van der Waals surface area contributed by atoms with Gasteiger partial charge in [0.15, 0.2) is 0 Å². The van der Waals surface area contributed by atoms with Crippen LogP contribution in [0.3, 0.4) is 0 Å². The summed E-state index contributed by atoms with van der Waals surface area (Å²) in [6, 6.07) is 4.56. The molecule has 0 saturated carbocycles. The normalized spacial score (nSPS) is 11.0. The molecule has 0 bridgehead atoms. The molecule has 0 N–H and O–H groups in total. The van der Waals surface area contributed by atoms with Gasteiger partial charge in [-0.3, -0.25) is 14.5 Å². The molecular weight excluding hydrogens is 246 g/mol. The van der Waals surface area contributed by atoms with Gasteiger partial charge in [0.1, 0.15) is 10.1 Å². The number of hydrogen-bond donors (Lipinski definition) is 0. The molecule has 7 heteroatoms. The first-order chi connectivity index (χ1) is 7.73. The second-order valence-electron chi connectivity index (χ2n) is 3.32. The molecular formula is C10H10NO5S-. The molecule has 0 aliphatic carbocycles. The van der Waals surface area contributed by atoms with Gasteiger partial charge in [0.2, 0.25) is 11.8 Å². The molecule has 17 heavy (non-hydrogen) atoms. The lowest BCUT2D eigenvalue weighted by molar-refractivity contribution is -0.124. The van der Waals surface area contributed by atoms with E-state index in [0.717, 1.165) is 17.0 Å². The molecule has 1 aromatic carbocycles. The van der Waals surface area contributed by atoms with Crippen LogP contribution in [0.5, 0.6) is 0 Å². The van der Waals surface area contributed by atoms with Crippen molar-refractivity contribution in [2.24, 2.45) is 0 Å². The zero-order chi connectivity index (χ0) is 13.2. The average Bonchev–Trinajstić information content (AvgIpc) is 2.15. The van der Waals surface area contributed by atoms with E-state index in [1.807, 2.05) is 0 Å². The predicted octanol–water partition coefficient (Wildman–Crippen LogP) is 0.490. The van der Waals surface area contributed by atoms with E-state index < -0.39 is 26.8 Å². The van der Waals surface area contributed by atoms with E-state index in [4.69, 9.17) is 0 Å². The van der Waals surface area contributed by atoms with Gasteiger partial charge in [-0.2, -0.15) is 0 Å². The maximum atomic E-state index is 11.2. The Balaban J connectivity index is 3.18. The first kappa shape index (κ1) is 13.3. The third-order valence-electron chi connectivity index (χ3n) is 2.01. The largest absolute Gasteiger partial charge is 0.744 e. The lowest BCUT2D eigenvalue weighted by Crippen LogP contribution is -2.32. The Kier molecular flexibility index (Phi) is 3.64. The fraction of sp³-hybridized carbons (Fsp3) is 0.200. The third-order valence-corrected chi connectivity index (χ3v) is 2.86. The lowest BCUT2D eigenvalue weighted by atomic mass is 10.3.